The first-order chi connectivity index (χ1) is 13.5. The molecule has 0 fully saturated rings. The third kappa shape index (κ3) is 3.61. The van der Waals surface area contributed by atoms with Crippen LogP contribution in [-0.2, 0) is 6.54 Å². The van der Waals surface area contributed by atoms with Crippen LogP contribution in [0.4, 0.5) is 5.69 Å². The molecule has 0 aliphatic rings. The molecular weight excluding hydrogens is 382 g/mol. The van der Waals surface area contributed by atoms with Gasteiger partial charge in [-0.15, -0.1) is 0 Å². The molecule has 2 aromatic carbocycles. The Morgan fingerprint density at radius 1 is 1.21 bits per heavy atom. The first kappa shape index (κ1) is 19.6. The third-order valence-electron chi connectivity index (χ3n) is 4.14. The maximum atomic E-state index is 12.7. The molecule has 0 bridgehead atoms. The molecule has 0 saturated carbocycles. The van der Waals surface area contributed by atoms with Crippen LogP contribution in [0.25, 0.3) is 10.2 Å². The number of rotatable bonds is 6. The van der Waals surface area contributed by atoms with E-state index in [-0.39, 0.29) is 11.3 Å². The van der Waals surface area contributed by atoms with Crippen LogP contribution in [0, 0.1) is 10.1 Å². The predicted molar refractivity (Wildman–Crippen MR) is 106 cm³/mol. The minimum Gasteiger partial charge on any atom is -0.495 e. The molecule has 146 valence electrons. The summed E-state index contributed by atoms with van der Waals surface area (Å²) in [5, 5.41) is 11.0. The molecule has 0 N–H and O–H groups in total. The van der Waals surface area contributed by atoms with E-state index in [4.69, 9.17) is 9.47 Å². The van der Waals surface area contributed by atoms with Crippen LogP contribution in [0.3, 0.4) is 0 Å². The summed E-state index contributed by atoms with van der Waals surface area (Å²) in [6.45, 7) is 2.65. The molecule has 3 rings (SSSR count). The minimum atomic E-state index is -0.543. The number of nitrogens with zero attached hydrogens (tertiary/aromatic N) is 3. The summed E-state index contributed by atoms with van der Waals surface area (Å²) in [7, 11) is 3.16. The van der Waals surface area contributed by atoms with Crippen molar-refractivity contribution in [3.05, 3.63) is 56.9 Å². The van der Waals surface area contributed by atoms with E-state index in [0.29, 0.717) is 22.8 Å². The zero-order chi connectivity index (χ0) is 20.3. The van der Waals surface area contributed by atoms with Crippen LogP contribution in [0.1, 0.15) is 23.7 Å². The molecule has 1 amide bonds. The quantitative estimate of drug-likeness (QED) is 0.463. The average molecular weight is 401 g/mol. The molecule has 0 unspecified atom stereocenters. The number of carbonyl (C=O) groups is 1. The van der Waals surface area contributed by atoms with Crippen molar-refractivity contribution in [3.8, 4) is 11.5 Å². The zero-order valence-electron chi connectivity index (χ0n) is 15.7. The Bertz CT molecular complexity index is 1120. The summed E-state index contributed by atoms with van der Waals surface area (Å²) >= 11 is 1.31. The number of amides is 1. The van der Waals surface area contributed by atoms with Gasteiger partial charge in [-0.05, 0) is 24.6 Å². The van der Waals surface area contributed by atoms with Gasteiger partial charge >= 0.3 is 0 Å². The fourth-order valence-electron chi connectivity index (χ4n) is 2.87. The van der Waals surface area contributed by atoms with Gasteiger partial charge in [-0.1, -0.05) is 24.3 Å². The molecule has 0 saturated heterocycles. The number of methoxy groups -OCH3 is 2. The third-order valence-corrected chi connectivity index (χ3v) is 5.23. The number of nitro groups is 1. The summed E-state index contributed by atoms with van der Waals surface area (Å²) in [6, 6.07) is 9.16. The molecule has 1 heterocycles. The van der Waals surface area contributed by atoms with Gasteiger partial charge in [0, 0.05) is 24.2 Å². The van der Waals surface area contributed by atoms with Crippen molar-refractivity contribution in [2.24, 2.45) is 4.99 Å². The Balaban J connectivity index is 2.21. The van der Waals surface area contributed by atoms with Crippen LogP contribution in [0.5, 0.6) is 11.5 Å². The highest BCUT2D eigenvalue weighted by Gasteiger charge is 2.17. The second kappa shape index (κ2) is 8.22. The zero-order valence-corrected chi connectivity index (χ0v) is 16.5. The van der Waals surface area contributed by atoms with E-state index in [0.717, 1.165) is 16.6 Å². The van der Waals surface area contributed by atoms with Crippen molar-refractivity contribution in [3.63, 3.8) is 0 Å². The summed E-state index contributed by atoms with van der Waals surface area (Å²) in [4.78, 5) is 27.8. The number of nitro benzene ring substituents is 1. The number of fused-ring (bicyclic) bond motifs is 1. The molecule has 0 aliphatic heterocycles. The lowest BCUT2D eigenvalue weighted by Gasteiger charge is -2.09. The Kier molecular flexibility index (Phi) is 5.74. The van der Waals surface area contributed by atoms with E-state index >= 15 is 0 Å². The number of benzene rings is 2. The van der Waals surface area contributed by atoms with E-state index in [1.807, 2.05) is 17.6 Å². The number of aryl methyl sites for hydroxylation is 1. The van der Waals surface area contributed by atoms with Crippen LogP contribution < -0.4 is 14.3 Å². The summed E-state index contributed by atoms with van der Waals surface area (Å²) < 4.78 is 13.7. The molecule has 8 nitrogen and oxygen atoms in total. The summed E-state index contributed by atoms with van der Waals surface area (Å²) in [5.74, 6) is 0.776. The molecule has 0 atom stereocenters. The number of thiazole rings is 1. The van der Waals surface area contributed by atoms with E-state index in [1.165, 1.54) is 35.6 Å². The van der Waals surface area contributed by atoms with Gasteiger partial charge in [0.1, 0.15) is 21.7 Å². The van der Waals surface area contributed by atoms with Gasteiger partial charge in [0.15, 0.2) is 4.80 Å². The highest BCUT2D eigenvalue weighted by atomic mass is 32.1. The van der Waals surface area contributed by atoms with Crippen LogP contribution in [0.2, 0.25) is 0 Å². The second-order valence-corrected chi connectivity index (χ2v) is 6.89. The van der Waals surface area contributed by atoms with Gasteiger partial charge in [0.2, 0.25) is 0 Å². The lowest BCUT2D eigenvalue weighted by atomic mass is 10.2. The molecule has 1 aromatic heterocycles. The molecule has 3 aromatic rings. The van der Waals surface area contributed by atoms with Crippen LogP contribution in [0.15, 0.2) is 41.4 Å². The SMILES string of the molecule is CCCn1c(=NC(=O)c2cccc([N+](=O)[O-])c2)sc2c(OC)ccc(OC)c21. The lowest BCUT2D eigenvalue weighted by molar-refractivity contribution is -0.384. The van der Waals surface area contributed by atoms with E-state index < -0.39 is 10.8 Å². The molecule has 9 heteroatoms. The number of hydrogen-bond donors (Lipinski definition) is 0. The highest BCUT2D eigenvalue weighted by Crippen LogP contribution is 2.35. The second-order valence-electron chi connectivity index (χ2n) is 5.91. The number of carbonyl (C=O) groups excluding carboxylic acids is 1. The van der Waals surface area contributed by atoms with Gasteiger partial charge in [-0.3, -0.25) is 14.9 Å². The fourth-order valence-corrected chi connectivity index (χ4v) is 4.04. The van der Waals surface area contributed by atoms with E-state index in [9.17, 15) is 14.9 Å². The van der Waals surface area contributed by atoms with Gasteiger partial charge < -0.3 is 14.0 Å². The lowest BCUT2D eigenvalue weighted by Crippen LogP contribution is -2.17. The first-order valence-corrected chi connectivity index (χ1v) is 9.39. The predicted octanol–water partition coefficient (Wildman–Crippen LogP) is 3.78. The maximum Gasteiger partial charge on any atom is 0.279 e. The van der Waals surface area contributed by atoms with Crippen LogP contribution in [-0.4, -0.2) is 29.6 Å². The van der Waals surface area contributed by atoms with Crippen molar-refractivity contribution >= 4 is 33.1 Å². The number of ether oxygens (including phenoxy) is 2. The van der Waals surface area contributed by atoms with Gasteiger partial charge in [-0.2, -0.15) is 4.99 Å². The van der Waals surface area contributed by atoms with Gasteiger partial charge in [0.05, 0.1) is 19.1 Å². The fraction of sp³-hybridized carbons (Fsp3) is 0.263. The summed E-state index contributed by atoms with van der Waals surface area (Å²) in [6.07, 6.45) is 0.824. The largest absolute Gasteiger partial charge is 0.495 e. The normalized spacial score (nSPS) is 11.6. The smallest absolute Gasteiger partial charge is 0.279 e. The topological polar surface area (TPSA) is 96.0 Å². The maximum absolute atomic E-state index is 12.7. The molecule has 28 heavy (non-hydrogen) atoms. The Morgan fingerprint density at radius 2 is 1.93 bits per heavy atom. The van der Waals surface area contributed by atoms with Gasteiger partial charge in [0.25, 0.3) is 11.6 Å². The molecule has 0 spiro atoms. The van der Waals surface area contributed by atoms with E-state index in [1.54, 1.807) is 20.3 Å². The van der Waals surface area contributed by atoms with E-state index in [2.05, 4.69) is 4.99 Å². The highest BCUT2D eigenvalue weighted by molar-refractivity contribution is 7.16. The average Bonchev–Trinajstić information content (AvgIpc) is 3.05. The van der Waals surface area contributed by atoms with Crippen LogP contribution >= 0.6 is 11.3 Å². The minimum absolute atomic E-state index is 0.151. The molecular formula is C19H19N3O5S. The first-order valence-electron chi connectivity index (χ1n) is 8.58. The Morgan fingerprint density at radius 3 is 2.57 bits per heavy atom. The number of hydrogen-bond acceptors (Lipinski definition) is 6. The Hall–Kier alpha value is -3.20. The number of non-ortho nitro benzene ring substituents is 1. The van der Waals surface area contributed by atoms with Crippen molar-refractivity contribution in [1.82, 2.24) is 4.57 Å². The van der Waals surface area contributed by atoms with Crippen molar-refractivity contribution in [1.29, 1.82) is 0 Å². The monoisotopic (exact) mass is 401 g/mol. The van der Waals surface area contributed by atoms with Crippen molar-refractivity contribution in [2.45, 2.75) is 19.9 Å². The summed E-state index contributed by atoms with van der Waals surface area (Å²) in [5.41, 5.74) is 0.815. The molecule has 0 aliphatic carbocycles. The number of aromatic nitrogens is 1. The standard InChI is InChI=1S/C19H19N3O5S/c1-4-10-21-16-14(26-2)8-9-15(27-3)17(16)28-19(21)20-18(23)12-6-5-7-13(11-12)22(24)25/h5-9,11H,4,10H2,1-3H3. The van der Waals surface area contributed by atoms with Crippen molar-refractivity contribution < 1.29 is 19.2 Å². The van der Waals surface area contributed by atoms with Gasteiger partial charge in [-0.25, -0.2) is 0 Å². The van der Waals surface area contributed by atoms with Crippen molar-refractivity contribution in [2.75, 3.05) is 14.2 Å². The Labute approximate surface area is 164 Å². The molecule has 0 radical (unpaired) electrons.